The summed E-state index contributed by atoms with van der Waals surface area (Å²) >= 11 is 0. The minimum absolute atomic E-state index is 0.0904. The Balaban J connectivity index is 2.21. The predicted octanol–water partition coefficient (Wildman–Crippen LogP) is 1.17. The van der Waals surface area contributed by atoms with Crippen LogP contribution in [0.1, 0.15) is 17.3 Å². The molecule has 0 aliphatic carbocycles. The Morgan fingerprint density at radius 3 is 3.15 bits per heavy atom. The molecule has 1 unspecified atom stereocenters. The Morgan fingerprint density at radius 1 is 1.69 bits per heavy atom. The standard InChI is InChI=1S/C9H10N2O2/c1-6-2-3-10-7(4-6)8-5-13-9(12)11-8/h2-4,8H,5H2,1H3,(H,11,12). The Kier molecular flexibility index (Phi) is 1.88. The fourth-order valence-electron chi connectivity index (χ4n) is 1.29. The van der Waals surface area contributed by atoms with Crippen LogP contribution in [0.5, 0.6) is 0 Å². The van der Waals surface area contributed by atoms with Gasteiger partial charge in [0.1, 0.15) is 12.6 Å². The van der Waals surface area contributed by atoms with Crippen LogP contribution < -0.4 is 5.32 Å². The van der Waals surface area contributed by atoms with Gasteiger partial charge in [-0.15, -0.1) is 0 Å². The van der Waals surface area contributed by atoms with Crippen LogP contribution in [-0.2, 0) is 4.74 Å². The SMILES string of the molecule is Cc1ccnc(C2COC(=O)N2)c1. The highest BCUT2D eigenvalue weighted by Crippen LogP contribution is 2.16. The number of amides is 1. The normalized spacial score (nSPS) is 21.0. The van der Waals surface area contributed by atoms with Gasteiger partial charge in [0.15, 0.2) is 0 Å². The van der Waals surface area contributed by atoms with Gasteiger partial charge in [-0.05, 0) is 24.6 Å². The predicted molar refractivity (Wildman–Crippen MR) is 46.2 cm³/mol. The number of ether oxygens (including phenoxy) is 1. The molecule has 0 bridgehead atoms. The van der Waals surface area contributed by atoms with E-state index in [1.54, 1.807) is 6.20 Å². The smallest absolute Gasteiger partial charge is 0.407 e. The minimum atomic E-state index is -0.367. The van der Waals surface area contributed by atoms with Gasteiger partial charge in [-0.25, -0.2) is 4.79 Å². The molecule has 1 aromatic rings. The van der Waals surface area contributed by atoms with E-state index in [9.17, 15) is 4.79 Å². The van der Waals surface area contributed by atoms with Crippen LogP contribution >= 0.6 is 0 Å². The van der Waals surface area contributed by atoms with Crippen LogP contribution in [0.3, 0.4) is 0 Å². The number of aryl methyl sites for hydroxylation is 1. The van der Waals surface area contributed by atoms with Gasteiger partial charge in [0.05, 0.1) is 5.69 Å². The molecule has 68 valence electrons. The second-order valence-electron chi connectivity index (χ2n) is 3.05. The maximum absolute atomic E-state index is 10.8. The first-order valence-electron chi connectivity index (χ1n) is 4.11. The third-order valence-corrected chi connectivity index (χ3v) is 1.97. The summed E-state index contributed by atoms with van der Waals surface area (Å²) in [6, 6.07) is 3.77. The number of carbonyl (C=O) groups excluding carboxylic acids is 1. The number of nitrogens with one attached hydrogen (secondary N) is 1. The molecule has 0 saturated carbocycles. The van der Waals surface area contributed by atoms with Crippen LogP contribution in [0.15, 0.2) is 18.3 Å². The molecule has 1 aromatic heterocycles. The van der Waals surface area contributed by atoms with E-state index in [1.807, 2.05) is 19.1 Å². The Bertz CT molecular complexity index is 338. The zero-order valence-corrected chi connectivity index (χ0v) is 7.28. The van der Waals surface area contributed by atoms with Crippen molar-refractivity contribution in [2.75, 3.05) is 6.61 Å². The van der Waals surface area contributed by atoms with Gasteiger partial charge in [-0.2, -0.15) is 0 Å². The molecule has 1 amide bonds. The van der Waals surface area contributed by atoms with Crippen molar-refractivity contribution in [1.82, 2.24) is 10.3 Å². The highest BCUT2D eigenvalue weighted by molar-refractivity contribution is 5.69. The number of carbonyl (C=O) groups is 1. The lowest BCUT2D eigenvalue weighted by atomic mass is 10.1. The van der Waals surface area contributed by atoms with E-state index in [2.05, 4.69) is 10.3 Å². The molecule has 2 rings (SSSR count). The van der Waals surface area contributed by atoms with Crippen molar-refractivity contribution in [1.29, 1.82) is 0 Å². The molecule has 1 fully saturated rings. The van der Waals surface area contributed by atoms with E-state index in [1.165, 1.54) is 0 Å². The van der Waals surface area contributed by atoms with Gasteiger partial charge in [0, 0.05) is 6.20 Å². The summed E-state index contributed by atoms with van der Waals surface area (Å²) in [6.07, 6.45) is 1.36. The third-order valence-electron chi connectivity index (χ3n) is 1.97. The number of cyclic esters (lactones) is 1. The van der Waals surface area contributed by atoms with E-state index < -0.39 is 0 Å². The van der Waals surface area contributed by atoms with Crippen molar-refractivity contribution in [2.45, 2.75) is 13.0 Å². The van der Waals surface area contributed by atoms with Gasteiger partial charge in [0.25, 0.3) is 0 Å². The summed E-state index contributed by atoms with van der Waals surface area (Å²) in [5.74, 6) is 0. The van der Waals surface area contributed by atoms with Crippen molar-refractivity contribution >= 4 is 6.09 Å². The lowest BCUT2D eigenvalue weighted by Crippen LogP contribution is -2.19. The molecule has 2 heterocycles. The van der Waals surface area contributed by atoms with Crippen molar-refractivity contribution in [2.24, 2.45) is 0 Å². The molecule has 0 spiro atoms. The Morgan fingerprint density at radius 2 is 2.54 bits per heavy atom. The summed E-state index contributed by atoms with van der Waals surface area (Å²) in [5.41, 5.74) is 1.98. The highest BCUT2D eigenvalue weighted by Gasteiger charge is 2.24. The zero-order chi connectivity index (χ0) is 9.26. The van der Waals surface area contributed by atoms with Gasteiger partial charge in [-0.3, -0.25) is 4.98 Å². The Hall–Kier alpha value is -1.58. The number of hydrogen-bond acceptors (Lipinski definition) is 3. The lowest BCUT2D eigenvalue weighted by Gasteiger charge is -2.06. The van der Waals surface area contributed by atoms with Crippen molar-refractivity contribution < 1.29 is 9.53 Å². The minimum Gasteiger partial charge on any atom is -0.447 e. The molecule has 1 aliphatic rings. The molecular weight excluding hydrogens is 168 g/mol. The molecule has 0 aromatic carbocycles. The summed E-state index contributed by atoms with van der Waals surface area (Å²) in [4.78, 5) is 14.9. The van der Waals surface area contributed by atoms with Crippen LogP contribution in [0.2, 0.25) is 0 Å². The van der Waals surface area contributed by atoms with Crippen LogP contribution in [0.25, 0.3) is 0 Å². The van der Waals surface area contributed by atoms with E-state index in [0.29, 0.717) is 6.61 Å². The maximum Gasteiger partial charge on any atom is 0.407 e. The number of pyridine rings is 1. The summed E-state index contributed by atoms with van der Waals surface area (Å²) in [6.45, 7) is 2.36. The molecule has 1 aliphatic heterocycles. The zero-order valence-electron chi connectivity index (χ0n) is 7.28. The monoisotopic (exact) mass is 178 g/mol. The molecular formula is C9H10N2O2. The first-order valence-corrected chi connectivity index (χ1v) is 4.11. The molecule has 0 radical (unpaired) electrons. The number of alkyl carbamates (subject to hydrolysis) is 1. The average molecular weight is 178 g/mol. The second-order valence-corrected chi connectivity index (χ2v) is 3.05. The molecule has 1 atom stereocenters. The van der Waals surface area contributed by atoms with E-state index in [4.69, 9.17) is 4.74 Å². The molecule has 1 saturated heterocycles. The molecule has 4 heteroatoms. The summed E-state index contributed by atoms with van der Waals surface area (Å²) in [5, 5.41) is 2.67. The molecule has 1 N–H and O–H groups in total. The maximum atomic E-state index is 10.8. The lowest BCUT2D eigenvalue weighted by molar-refractivity contribution is 0.177. The second kappa shape index (κ2) is 3.05. The Labute approximate surface area is 75.9 Å². The highest BCUT2D eigenvalue weighted by atomic mass is 16.6. The topological polar surface area (TPSA) is 51.2 Å². The fourth-order valence-corrected chi connectivity index (χ4v) is 1.29. The van der Waals surface area contributed by atoms with E-state index in [0.717, 1.165) is 11.3 Å². The summed E-state index contributed by atoms with van der Waals surface area (Å²) in [7, 11) is 0. The largest absolute Gasteiger partial charge is 0.447 e. The van der Waals surface area contributed by atoms with Crippen LogP contribution in [-0.4, -0.2) is 17.7 Å². The molecule has 13 heavy (non-hydrogen) atoms. The van der Waals surface area contributed by atoms with Crippen molar-refractivity contribution in [3.63, 3.8) is 0 Å². The number of hydrogen-bond donors (Lipinski definition) is 1. The van der Waals surface area contributed by atoms with Crippen LogP contribution in [0, 0.1) is 6.92 Å². The quantitative estimate of drug-likeness (QED) is 0.702. The van der Waals surface area contributed by atoms with Crippen LogP contribution in [0.4, 0.5) is 4.79 Å². The summed E-state index contributed by atoms with van der Waals surface area (Å²) < 4.78 is 4.77. The van der Waals surface area contributed by atoms with E-state index >= 15 is 0 Å². The average Bonchev–Trinajstić information content (AvgIpc) is 2.52. The first kappa shape index (κ1) is 8.04. The van der Waals surface area contributed by atoms with Gasteiger partial charge in [-0.1, -0.05) is 0 Å². The van der Waals surface area contributed by atoms with E-state index in [-0.39, 0.29) is 12.1 Å². The van der Waals surface area contributed by atoms with Crippen molar-refractivity contribution in [3.8, 4) is 0 Å². The number of nitrogens with zero attached hydrogens (tertiary/aromatic N) is 1. The fraction of sp³-hybridized carbons (Fsp3) is 0.333. The van der Waals surface area contributed by atoms with Gasteiger partial charge >= 0.3 is 6.09 Å². The van der Waals surface area contributed by atoms with Gasteiger partial charge < -0.3 is 10.1 Å². The first-order chi connectivity index (χ1) is 6.25. The molecule has 4 nitrogen and oxygen atoms in total. The van der Waals surface area contributed by atoms with Crippen molar-refractivity contribution in [3.05, 3.63) is 29.6 Å². The number of aromatic nitrogens is 1. The third kappa shape index (κ3) is 1.61. The number of rotatable bonds is 1. The van der Waals surface area contributed by atoms with Gasteiger partial charge in [0.2, 0.25) is 0 Å².